The second-order valence-electron chi connectivity index (χ2n) is 6.59. The fourth-order valence-electron chi connectivity index (χ4n) is 2.69. The first-order valence-electron chi connectivity index (χ1n) is 8.04. The Labute approximate surface area is 124 Å². The molecular formula is C16H32N2O2. The third-order valence-electron chi connectivity index (χ3n) is 4.69. The maximum Gasteiger partial charge on any atom is 0.234 e. The molecule has 0 spiro atoms. The second kappa shape index (κ2) is 7.41. The van der Waals surface area contributed by atoms with Crippen LogP contribution in [0.3, 0.4) is 0 Å². The van der Waals surface area contributed by atoms with Gasteiger partial charge in [-0.1, -0.05) is 20.8 Å². The maximum absolute atomic E-state index is 12.0. The van der Waals surface area contributed by atoms with Crippen LogP contribution in [0.1, 0.15) is 66.7 Å². The molecule has 1 atom stereocenters. The van der Waals surface area contributed by atoms with Crippen LogP contribution in [0.15, 0.2) is 0 Å². The van der Waals surface area contributed by atoms with E-state index in [2.05, 4.69) is 45.3 Å². The lowest BCUT2D eigenvalue weighted by Gasteiger charge is -2.40. The van der Waals surface area contributed by atoms with Gasteiger partial charge in [0, 0.05) is 18.2 Å². The van der Waals surface area contributed by atoms with Crippen LogP contribution in [0.2, 0.25) is 0 Å². The van der Waals surface area contributed by atoms with Crippen LogP contribution in [0, 0.1) is 0 Å². The number of rotatable bonds is 7. The van der Waals surface area contributed by atoms with Crippen molar-refractivity contribution in [3.05, 3.63) is 0 Å². The number of ether oxygens (including phenoxy) is 1. The molecule has 0 bridgehead atoms. The van der Waals surface area contributed by atoms with Crippen LogP contribution < -0.4 is 10.6 Å². The Bertz CT molecular complexity index is 312. The van der Waals surface area contributed by atoms with Gasteiger partial charge in [-0.05, 0) is 46.0 Å². The molecule has 1 amide bonds. The van der Waals surface area contributed by atoms with E-state index in [1.807, 2.05) is 0 Å². The lowest BCUT2D eigenvalue weighted by molar-refractivity contribution is -0.123. The highest BCUT2D eigenvalue weighted by molar-refractivity contribution is 5.78. The quantitative estimate of drug-likeness (QED) is 0.755. The number of carbonyl (C=O) groups excluding carboxylic acids is 1. The molecule has 1 aliphatic heterocycles. The van der Waals surface area contributed by atoms with Crippen molar-refractivity contribution in [2.75, 3.05) is 13.2 Å². The summed E-state index contributed by atoms with van der Waals surface area (Å²) in [6, 6.07) is 0.388. The Morgan fingerprint density at radius 1 is 1.30 bits per heavy atom. The van der Waals surface area contributed by atoms with Crippen molar-refractivity contribution in [2.45, 2.75) is 83.9 Å². The van der Waals surface area contributed by atoms with Crippen molar-refractivity contribution in [3.8, 4) is 0 Å². The predicted molar refractivity (Wildman–Crippen MR) is 82.8 cm³/mol. The van der Waals surface area contributed by atoms with Gasteiger partial charge >= 0.3 is 0 Å². The van der Waals surface area contributed by atoms with E-state index in [9.17, 15) is 4.79 Å². The fourth-order valence-corrected chi connectivity index (χ4v) is 2.69. The van der Waals surface area contributed by atoms with E-state index in [0.717, 1.165) is 38.7 Å². The molecule has 0 radical (unpaired) electrons. The van der Waals surface area contributed by atoms with Gasteiger partial charge in [-0.15, -0.1) is 0 Å². The molecule has 0 aromatic heterocycles. The Balaban J connectivity index is 2.40. The van der Waals surface area contributed by atoms with Crippen molar-refractivity contribution < 1.29 is 9.53 Å². The molecule has 4 nitrogen and oxygen atoms in total. The minimum absolute atomic E-state index is 0.00901. The summed E-state index contributed by atoms with van der Waals surface area (Å²) in [5, 5.41) is 6.46. The third-order valence-corrected chi connectivity index (χ3v) is 4.69. The van der Waals surface area contributed by atoms with E-state index in [1.165, 1.54) is 0 Å². The van der Waals surface area contributed by atoms with Gasteiger partial charge in [-0.3, -0.25) is 4.79 Å². The Morgan fingerprint density at radius 3 is 2.50 bits per heavy atom. The van der Waals surface area contributed by atoms with Gasteiger partial charge in [0.15, 0.2) is 0 Å². The molecule has 1 saturated heterocycles. The normalized spacial score (nSPS) is 22.6. The lowest BCUT2D eigenvalue weighted by Crippen LogP contribution is -2.51. The van der Waals surface area contributed by atoms with Crippen LogP contribution in [-0.4, -0.2) is 36.2 Å². The minimum atomic E-state index is -0.120. The SMILES string of the molecule is CCC(C)(C)NC(=O)CNC1CCOC(CC)(CC)C1. The summed E-state index contributed by atoms with van der Waals surface area (Å²) in [5.41, 5.74) is -0.111. The van der Waals surface area contributed by atoms with Gasteiger partial charge in [-0.25, -0.2) is 0 Å². The first-order chi connectivity index (χ1) is 9.36. The topological polar surface area (TPSA) is 50.4 Å². The van der Waals surface area contributed by atoms with Crippen molar-refractivity contribution in [3.63, 3.8) is 0 Å². The van der Waals surface area contributed by atoms with Gasteiger partial charge < -0.3 is 15.4 Å². The summed E-state index contributed by atoms with van der Waals surface area (Å²) in [6.45, 7) is 11.8. The molecule has 0 aliphatic carbocycles. The minimum Gasteiger partial charge on any atom is -0.375 e. The molecule has 118 valence electrons. The zero-order valence-corrected chi connectivity index (χ0v) is 13.8. The predicted octanol–water partition coefficient (Wildman–Crippen LogP) is 2.62. The molecular weight excluding hydrogens is 252 g/mol. The molecule has 2 N–H and O–H groups in total. The van der Waals surface area contributed by atoms with Crippen LogP contribution in [0.4, 0.5) is 0 Å². The molecule has 1 heterocycles. The summed E-state index contributed by atoms with van der Waals surface area (Å²) in [4.78, 5) is 12.0. The monoisotopic (exact) mass is 284 g/mol. The lowest BCUT2D eigenvalue weighted by atomic mass is 9.86. The number of hydrogen-bond donors (Lipinski definition) is 2. The Hall–Kier alpha value is -0.610. The van der Waals surface area contributed by atoms with Crippen molar-refractivity contribution in [1.82, 2.24) is 10.6 Å². The van der Waals surface area contributed by atoms with Crippen molar-refractivity contribution in [1.29, 1.82) is 0 Å². The first kappa shape index (κ1) is 17.4. The fraction of sp³-hybridized carbons (Fsp3) is 0.938. The largest absolute Gasteiger partial charge is 0.375 e. The van der Waals surface area contributed by atoms with Gasteiger partial charge in [-0.2, -0.15) is 0 Å². The van der Waals surface area contributed by atoms with Crippen LogP contribution >= 0.6 is 0 Å². The molecule has 0 aromatic carbocycles. The molecule has 1 aliphatic rings. The summed E-state index contributed by atoms with van der Waals surface area (Å²) in [5.74, 6) is 0.0851. The highest BCUT2D eigenvalue weighted by Crippen LogP contribution is 2.31. The highest BCUT2D eigenvalue weighted by Gasteiger charge is 2.34. The molecule has 0 aromatic rings. The van der Waals surface area contributed by atoms with Gasteiger partial charge in [0.25, 0.3) is 0 Å². The van der Waals surface area contributed by atoms with Gasteiger partial charge in [0.1, 0.15) is 0 Å². The molecule has 1 unspecified atom stereocenters. The smallest absolute Gasteiger partial charge is 0.234 e. The number of amides is 1. The van der Waals surface area contributed by atoms with E-state index in [1.54, 1.807) is 0 Å². The first-order valence-corrected chi connectivity index (χ1v) is 8.04. The van der Waals surface area contributed by atoms with E-state index in [0.29, 0.717) is 12.6 Å². The zero-order chi connectivity index (χ0) is 15.2. The van der Waals surface area contributed by atoms with E-state index < -0.39 is 0 Å². The van der Waals surface area contributed by atoms with Crippen molar-refractivity contribution in [2.24, 2.45) is 0 Å². The molecule has 0 saturated carbocycles. The van der Waals surface area contributed by atoms with Crippen molar-refractivity contribution >= 4 is 5.91 Å². The summed E-state index contributed by atoms with van der Waals surface area (Å²) in [6.07, 6.45) is 5.01. The van der Waals surface area contributed by atoms with E-state index >= 15 is 0 Å². The summed E-state index contributed by atoms with van der Waals surface area (Å²) < 4.78 is 5.96. The second-order valence-corrected chi connectivity index (χ2v) is 6.59. The number of hydrogen-bond acceptors (Lipinski definition) is 3. The van der Waals surface area contributed by atoms with E-state index in [-0.39, 0.29) is 17.0 Å². The highest BCUT2D eigenvalue weighted by atomic mass is 16.5. The Morgan fingerprint density at radius 2 is 1.95 bits per heavy atom. The average molecular weight is 284 g/mol. The molecule has 20 heavy (non-hydrogen) atoms. The van der Waals surface area contributed by atoms with E-state index in [4.69, 9.17) is 4.74 Å². The summed E-state index contributed by atoms with van der Waals surface area (Å²) in [7, 11) is 0. The summed E-state index contributed by atoms with van der Waals surface area (Å²) >= 11 is 0. The van der Waals surface area contributed by atoms with Gasteiger partial charge in [0.2, 0.25) is 5.91 Å². The standard InChI is InChI=1S/C16H32N2O2/c1-6-15(4,5)18-14(19)12-17-13-9-10-20-16(7-2,8-3)11-13/h13,17H,6-12H2,1-5H3,(H,18,19). The number of nitrogens with one attached hydrogen (secondary N) is 2. The third kappa shape index (κ3) is 5.06. The molecule has 1 fully saturated rings. The van der Waals surface area contributed by atoms with Crippen LogP contribution in [-0.2, 0) is 9.53 Å². The zero-order valence-electron chi connectivity index (χ0n) is 13.8. The van der Waals surface area contributed by atoms with Gasteiger partial charge in [0.05, 0.1) is 12.1 Å². The average Bonchev–Trinajstić information content (AvgIpc) is 2.45. The van der Waals surface area contributed by atoms with Crippen LogP contribution in [0.25, 0.3) is 0 Å². The number of carbonyl (C=O) groups is 1. The molecule has 4 heteroatoms. The Kier molecular flexibility index (Phi) is 6.46. The maximum atomic E-state index is 12.0. The molecule has 1 rings (SSSR count). The van der Waals surface area contributed by atoms with Crippen LogP contribution in [0.5, 0.6) is 0 Å².